The molecule has 0 aliphatic heterocycles. The summed E-state index contributed by atoms with van der Waals surface area (Å²) in [5.74, 6) is 2.53. The Morgan fingerprint density at radius 3 is 2.50 bits per heavy atom. The zero-order valence-corrected chi connectivity index (χ0v) is 21.2. The van der Waals surface area contributed by atoms with Crippen LogP contribution in [0.1, 0.15) is 69.1 Å². The third-order valence-corrected chi connectivity index (χ3v) is 8.43. The van der Waals surface area contributed by atoms with Crippen LogP contribution < -0.4 is 0 Å². The first-order valence-electron chi connectivity index (χ1n) is 12.9. The minimum Gasteiger partial charge on any atom is -0.324 e. The van der Waals surface area contributed by atoms with Crippen molar-refractivity contribution in [3.63, 3.8) is 0 Å². The first-order valence-corrected chi connectivity index (χ1v) is 13.3. The molecule has 0 unspecified atom stereocenters. The molecule has 0 N–H and O–H groups in total. The molecule has 0 amide bonds. The number of nitrogens with zero attached hydrogens (tertiary/aromatic N) is 6. The number of halogens is 1. The molecule has 182 valence electrons. The molecule has 0 atom stereocenters. The summed E-state index contributed by atoms with van der Waals surface area (Å²) in [6.45, 7) is 3.23. The van der Waals surface area contributed by atoms with E-state index in [1.807, 2.05) is 6.07 Å². The summed E-state index contributed by atoms with van der Waals surface area (Å²) in [6.07, 6.45) is 11.6. The average Bonchev–Trinajstić information content (AvgIpc) is 3.23. The van der Waals surface area contributed by atoms with E-state index in [1.165, 1.54) is 37.7 Å². The van der Waals surface area contributed by atoms with Gasteiger partial charge in [-0.1, -0.05) is 68.1 Å². The van der Waals surface area contributed by atoms with Crippen LogP contribution in [-0.2, 0) is 12.0 Å². The topological polar surface area (TPSA) is 80.3 Å². The fourth-order valence-electron chi connectivity index (χ4n) is 6.07. The molecule has 4 aromatic rings. The van der Waals surface area contributed by atoms with Crippen molar-refractivity contribution in [3.8, 4) is 17.3 Å². The summed E-state index contributed by atoms with van der Waals surface area (Å²) in [5.41, 5.74) is 4.06. The lowest BCUT2D eigenvalue weighted by Gasteiger charge is -2.42. The monoisotopic (exact) mass is 496 g/mol. The van der Waals surface area contributed by atoms with Gasteiger partial charge in [-0.15, -0.1) is 0 Å². The van der Waals surface area contributed by atoms with E-state index < -0.39 is 0 Å². The summed E-state index contributed by atoms with van der Waals surface area (Å²) >= 11 is 6.32. The summed E-state index contributed by atoms with van der Waals surface area (Å²) in [5, 5.41) is 10.3. The van der Waals surface area contributed by atoms with Gasteiger partial charge in [-0.3, -0.25) is 4.98 Å². The number of rotatable bonds is 5. The van der Waals surface area contributed by atoms with Crippen molar-refractivity contribution >= 4 is 22.8 Å². The standard InChI is InChI=1S/C29H29ClN6/c1-19-8-10-20(11-9-19)18-36-26-25(21-14-23(30)17-32-16-21)33-24(15-31)34-27(26)35-28(36)29(12-5-13-29)22-6-3-2-4-7-22/h2-4,6-7,14,16-17,19-20H,5,8-13,18H2,1H3. The van der Waals surface area contributed by atoms with Gasteiger partial charge < -0.3 is 4.57 Å². The Morgan fingerprint density at radius 2 is 1.83 bits per heavy atom. The molecule has 0 bridgehead atoms. The van der Waals surface area contributed by atoms with Crippen molar-refractivity contribution in [3.05, 3.63) is 71.0 Å². The van der Waals surface area contributed by atoms with Crippen molar-refractivity contribution in [1.29, 1.82) is 5.26 Å². The molecule has 3 heterocycles. The third-order valence-electron chi connectivity index (χ3n) is 8.22. The normalized spacial score (nSPS) is 21.1. The van der Waals surface area contributed by atoms with E-state index >= 15 is 0 Å². The van der Waals surface area contributed by atoms with Crippen LogP contribution in [-0.4, -0.2) is 24.5 Å². The van der Waals surface area contributed by atoms with Crippen LogP contribution >= 0.6 is 11.6 Å². The van der Waals surface area contributed by atoms with E-state index in [4.69, 9.17) is 16.6 Å². The fourth-order valence-corrected chi connectivity index (χ4v) is 6.24. The predicted octanol–water partition coefficient (Wildman–Crippen LogP) is 6.71. The predicted molar refractivity (Wildman–Crippen MR) is 140 cm³/mol. The highest BCUT2D eigenvalue weighted by Crippen LogP contribution is 2.50. The van der Waals surface area contributed by atoms with Gasteiger partial charge in [0.05, 0.1) is 10.4 Å². The largest absolute Gasteiger partial charge is 0.324 e. The van der Waals surface area contributed by atoms with Gasteiger partial charge in [0.1, 0.15) is 23.1 Å². The highest BCUT2D eigenvalue weighted by molar-refractivity contribution is 6.30. The van der Waals surface area contributed by atoms with Crippen LogP contribution in [0.25, 0.3) is 22.4 Å². The van der Waals surface area contributed by atoms with Crippen molar-refractivity contribution in [2.45, 2.75) is 63.8 Å². The lowest BCUT2D eigenvalue weighted by atomic mass is 9.63. The second kappa shape index (κ2) is 9.29. The maximum atomic E-state index is 9.73. The Kier molecular flexibility index (Phi) is 5.97. The summed E-state index contributed by atoms with van der Waals surface area (Å²) in [6, 6.07) is 14.7. The van der Waals surface area contributed by atoms with Crippen molar-refractivity contribution in [2.75, 3.05) is 0 Å². The van der Waals surface area contributed by atoms with Crippen molar-refractivity contribution < 1.29 is 0 Å². The molecule has 2 aliphatic rings. The Balaban J connectivity index is 1.60. The lowest BCUT2D eigenvalue weighted by Crippen LogP contribution is -2.39. The van der Waals surface area contributed by atoms with Crippen LogP contribution in [0, 0.1) is 23.2 Å². The second-order valence-electron chi connectivity index (χ2n) is 10.5. The molecule has 0 saturated heterocycles. The molecule has 2 aliphatic carbocycles. The Bertz CT molecular complexity index is 1440. The van der Waals surface area contributed by atoms with Gasteiger partial charge >= 0.3 is 0 Å². The van der Waals surface area contributed by atoms with Crippen LogP contribution in [0.3, 0.4) is 0 Å². The zero-order chi connectivity index (χ0) is 24.7. The quantitative estimate of drug-likeness (QED) is 0.306. The molecule has 2 fully saturated rings. The molecule has 36 heavy (non-hydrogen) atoms. The van der Waals surface area contributed by atoms with Gasteiger partial charge in [-0.2, -0.15) is 10.2 Å². The number of fused-ring (bicyclic) bond motifs is 1. The minimum absolute atomic E-state index is 0.113. The molecular formula is C29H29ClN6. The van der Waals surface area contributed by atoms with E-state index in [1.54, 1.807) is 12.4 Å². The third kappa shape index (κ3) is 3.96. The summed E-state index contributed by atoms with van der Waals surface area (Å²) in [4.78, 5) is 18.8. The van der Waals surface area contributed by atoms with Crippen LogP contribution in [0.4, 0.5) is 0 Å². The lowest BCUT2D eigenvalue weighted by molar-refractivity contribution is 0.242. The van der Waals surface area contributed by atoms with Gasteiger partial charge in [-0.05, 0) is 49.1 Å². The Morgan fingerprint density at radius 1 is 1.06 bits per heavy atom. The number of hydrogen-bond acceptors (Lipinski definition) is 5. The van der Waals surface area contributed by atoms with Crippen LogP contribution in [0.2, 0.25) is 5.02 Å². The number of benzene rings is 1. The Hall–Kier alpha value is -3.30. The van der Waals surface area contributed by atoms with E-state index in [-0.39, 0.29) is 11.2 Å². The number of imidazole rings is 1. The first-order chi connectivity index (χ1) is 17.6. The van der Waals surface area contributed by atoms with Crippen LogP contribution in [0.5, 0.6) is 0 Å². The van der Waals surface area contributed by atoms with Gasteiger partial charge in [-0.25, -0.2) is 9.97 Å². The van der Waals surface area contributed by atoms with E-state index in [0.717, 1.165) is 42.2 Å². The van der Waals surface area contributed by atoms with Crippen LogP contribution in [0.15, 0.2) is 48.8 Å². The number of hydrogen-bond donors (Lipinski definition) is 0. The minimum atomic E-state index is -0.152. The van der Waals surface area contributed by atoms with Crippen molar-refractivity contribution in [2.24, 2.45) is 11.8 Å². The highest BCUT2D eigenvalue weighted by atomic mass is 35.5. The van der Waals surface area contributed by atoms with E-state index in [0.29, 0.717) is 22.3 Å². The fraction of sp³-hybridized carbons (Fsp3) is 0.414. The molecule has 7 heteroatoms. The molecule has 1 aromatic carbocycles. The maximum absolute atomic E-state index is 9.73. The van der Waals surface area contributed by atoms with E-state index in [9.17, 15) is 5.26 Å². The van der Waals surface area contributed by atoms with Crippen molar-refractivity contribution in [1.82, 2.24) is 24.5 Å². The molecular weight excluding hydrogens is 468 g/mol. The molecule has 2 saturated carbocycles. The average molecular weight is 497 g/mol. The molecule has 0 radical (unpaired) electrons. The SMILES string of the molecule is CC1CCC(Cn2c(C3(c4ccccc4)CCC3)nc3nc(C#N)nc(-c4cncc(Cl)c4)c32)CC1. The second-order valence-corrected chi connectivity index (χ2v) is 11.0. The van der Waals surface area contributed by atoms with Gasteiger partial charge in [0.15, 0.2) is 5.65 Å². The van der Waals surface area contributed by atoms with E-state index in [2.05, 4.69) is 62.8 Å². The first kappa shape index (κ1) is 23.1. The molecule has 0 spiro atoms. The molecule has 6 rings (SSSR count). The van der Waals surface area contributed by atoms with Gasteiger partial charge in [0, 0.05) is 24.5 Å². The summed E-state index contributed by atoms with van der Waals surface area (Å²) < 4.78 is 2.39. The highest BCUT2D eigenvalue weighted by Gasteiger charge is 2.45. The smallest absolute Gasteiger partial charge is 0.234 e. The van der Waals surface area contributed by atoms with Gasteiger partial charge in [0.2, 0.25) is 5.82 Å². The Labute approximate surface area is 216 Å². The number of aromatic nitrogens is 5. The van der Waals surface area contributed by atoms with Gasteiger partial charge in [0.25, 0.3) is 0 Å². The molecule has 3 aromatic heterocycles. The molecule has 6 nitrogen and oxygen atoms in total. The maximum Gasteiger partial charge on any atom is 0.234 e. The zero-order valence-electron chi connectivity index (χ0n) is 20.5. The number of pyridine rings is 1. The number of nitriles is 1. The summed E-state index contributed by atoms with van der Waals surface area (Å²) in [7, 11) is 0.